The van der Waals surface area contributed by atoms with Gasteiger partial charge in [0.15, 0.2) is 0 Å². The third-order valence-corrected chi connectivity index (χ3v) is 4.15. The highest BCUT2D eigenvalue weighted by Crippen LogP contribution is 2.32. The Morgan fingerprint density at radius 1 is 1.31 bits per heavy atom. The van der Waals surface area contributed by atoms with E-state index < -0.39 is 9.05 Å². The summed E-state index contributed by atoms with van der Waals surface area (Å²) in [4.78, 5) is 0. The van der Waals surface area contributed by atoms with Gasteiger partial charge in [0, 0.05) is 10.7 Å². The fourth-order valence-electron chi connectivity index (χ4n) is 2.21. The van der Waals surface area contributed by atoms with Crippen molar-refractivity contribution in [2.75, 3.05) is 5.75 Å². The zero-order valence-electron chi connectivity index (χ0n) is 8.00. The third kappa shape index (κ3) is 4.32. The quantitative estimate of drug-likeness (QED) is 0.691. The molecule has 2 unspecified atom stereocenters. The molecule has 0 heterocycles. The largest absolute Gasteiger partial charge is 0.232 e. The predicted octanol–water partition coefficient (Wildman–Crippen LogP) is 2.77. The monoisotopic (exact) mass is 224 g/mol. The van der Waals surface area contributed by atoms with Crippen LogP contribution < -0.4 is 0 Å². The van der Waals surface area contributed by atoms with Crippen molar-refractivity contribution in [1.29, 1.82) is 0 Å². The Morgan fingerprint density at radius 2 is 1.92 bits per heavy atom. The van der Waals surface area contributed by atoms with Gasteiger partial charge < -0.3 is 0 Å². The topological polar surface area (TPSA) is 34.1 Å². The van der Waals surface area contributed by atoms with E-state index in [2.05, 4.69) is 6.92 Å². The van der Waals surface area contributed by atoms with Crippen LogP contribution in [-0.4, -0.2) is 14.2 Å². The summed E-state index contributed by atoms with van der Waals surface area (Å²) < 4.78 is 21.7. The van der Waals surface area contributed by atoms with Crippen LogP contribution in [0.2, 0.25) is 0 Å². The summed E-state index contributed by atoms with van der Waals surface area (Å²) in [5, 5.41) is 0. The fraction of sp³-hybridized carbons (Fsp3) is 1.00. The van der Waals surface area contributed by atoms with Crippen LogP contribution in [-0.2, 0) is 9.05 Å². The summed E-state index contributed by atoms with van der Waals surface area (Å²) in [7, 11) is 1.95. The average molecular weight is 225 g/mol. The highest BCUT2D eigenvalue weighted by molar-refractivity contribution is 8.13. The zero-order valence-corrected chi connectivity index (χ0v) is 9.57. The second-order valence-electron chi connectivity index (χ2n) is 4.01. The Balaban J connectivity index is 2.43. The second-order valence-corrected chi connectivity index (χ2v) is 6.83. The van der Waals surface area contributed by atoms with Gasteiger partial charge in [-0.25, -0.2) is 8.42 Å². The van der Waals surface area contributed by atoms with Crippen molar-refractivity contribution >= 4 is 19.7 Å². The molecule has 0 radical (unpaired) electrons. The average Bonchev–Trinajstić information content (AvgIpc) is 2.01. The second kappa shape index (κ2) is 4.65. The van der Waals surface area contributed by atoms with E-state index in [1.54, 1.807) is 0 Å². The van der Waals surface area contributed by atoms with Gasteiger partial charge in [-0.15, -0.1) is 0 Å². The first kappa shape index (κ1) is 11.3. The van der Waals surface area contributed by atoms with Gasteiger partial charge in [-0.05, 0) is 24.7 Å². The molecule has 0 aromatic carbocycles. The minimum absolute atomic E-state index is 0.172. The molecule has 0 saturated heterocycles. The van der Waals surface area contributed by atoms with Crippen LogP contribution in [0.3, 0.4) is 0 Å². The van der Waals surface area contributed by atoms with E-state index in [0.29, 0.717) is 5.92 Å². The Labute approximate surface area is 85.1 Å². The van der Waals surface area contributed by atoms with Gasteiger partial charge in [-0.3, -0.25) is 0 Å². The summed E-state index contributed by atoms with van der Waals surface area (Å²) in [5.74, 6) is 1.20. The van der Waals surface area contributed by atoms with Gasteiger partial charge in [-0.1, -0.05) is 26.2 Å². The number of rotatable bonds is 3. The highest BCUT2D eigenvalue weighted by Gasteiger charge is 2.24. The Bertz CT molecular complexity index is 248. The summed E-state index contributed by atoms with van der Waals surface area (Å²) in [6.07, 6.45) is 5.66. The van der Waals surface area contributed by atoms with E-state index >= 15 is 0 Å². The van der Waals surface area contributed by atoms with Gasteiger partial charge in [0.1, 0.15) is 0 Å². The predicted molar refractivity (Wildman–Crippen MR) is 55.4 cm³/mol. The third-order valence-electron chi connectivity index (χ3n) is 2.90. The molecule has 0 spiro atoms. The molecule has 0 aliphatic heterocycles. The van der Waals surface area contributed by atoms with Crippen molar-refractivity contribution in [3.05, 3.63) is 0 Å². The normalized spacial score (nSPS) is 30.3. The maximum absolute atomic E-state index is 10.9. The van der Waals surface area contributed by atoms with E-state index in [-0.39, 0.29) is 5.75 Å². The Hall–Kier alpha value is 0.240. The van der Waals surface area contributed by atoms with Gasteiger partial charge in [-0.2, -0.15) is 0 Å². The number of hydrogen-bond donors (Lipinski definition) is 0. The van der Waals surface area contributed by atoms with Crippen LogP contribution in [0, 0.1) is 11.8 Å². The molecule has 13 heavy (non-hydrogen) atoms. The number of hydrogen-bond acceptors (Lipinski definition) is 2. The van der Waals surface area contributed by atoms with Crippen LogP contribution in [0.4, 0.5) is 0 Å². The van der Waals surface area contributed by atoms with Crippen LogP contribution in [0.15, 0.2) is 0 Å². The summed E-state index contributed by atoms with van der Waals surface area (Å²) in [6, 6.07) is 0. The lowest BCUT2D eigenvalue weighted by atomic mass is 9.81. The van der Waals surface area contributed by atoms with Crippen LogP contribution in [0.5, 0.6) is 0 Å². The molecule has 2 atom stereocenters. The van der Waals surface area contributed by atoms with Crippen molar-refractivity contribution in [1.82, 2.24) is 0 Å². The van der Waals surface area contributed by atoms with Crippen molar-refractivity contribution in [2.24, 2.45) is 11.8 Å². The molecule has 2 nitrogen and oxygen atoms in total. The number of halogens is 1. The first-order chi connectivity index (χ1) is 6.01. The van der Waals surface area contributed by atoms with E-state index in [1.165, 1.54) is 12.8 Å². The van der Waals surface area contributed by atoms with Gasteiger partial charge in [0.2, 0.25) is 9.05 Å². The standard InChI is InChI=1S/C9H17ClO2S/c1-2-8-4-3-5-9(6-8)7-13(10,11)12/h8-9H,2-7H2,1H3. The molecule has 0 aromatic rings. The lowest BCUT2D eigenvalue weighted by Gasteiger charge is -2.27. The highest BCUT2D eigenvalue weighted by atomic mass is 35.7. The van der Waals surface area contributed by atoms with Gasteiger partial charge in [0.05, 0.1) is 5.75 Å². The molecule has 4 heteroatoms. The molecular formula is C9H17ClO2S. The molecule has 0 aromatic heterocycles. The van der Waals surface area contributed by atoms with Crippen molar-refractivity contribution in [3.63, 3.8) is 0 Å². The molecule has 1 aliphatic rings. The van der Waals surface area contributed by atoms with Crippen molar-refractivity contribution < 1.29 is 8.42 Å². The first-order valence-electron chi connectivity index (χ1n) is 4.93. The fourth-order valence-corrected chi connectivity index (χ4v) is 3.61. The SMILES string of the molecule is CCC1CCCC(CS(=O)(=O)Cl)C1. The zero-order chi connectivity index (χ0) is 9.90. The van der Waals surface area contributed by atoms with E-state index in [9.17, 15) is 8.42 Å². The van der Waals surface area contributed by atoms with E-state index in [4.69, 9.17) is 10.7 Å². The Kier molecular flexibility index (Phi) is 4.05. The maximum Gasteiger partial charge on any atom is 0.232 e. The summed E-state index contributed by atoms with van der Waals surface area (Å²) in [6.45, 7) is 2.17. The lowest BCUT2D eigenvalue weighted by Crippen LogP contribution is -2.20. The smallest absolute Gasteiger partial charge is 0.212 e. The van der Waals surface area contributed by atoms with Crippen molar-refractivity contribution in [2.45, 2.75) is 39.0 Å². The minimum atomic E-state index is -3.28. The lowest BCUT2D eigenvalue weighted by molar-refractivity contribution is 0.278. The van der Waals surface area contributed by atoms with Crippen LogP contribution >= 0.6 is 10.7 Å². The Morgan fingerprint density at radius 3 is 2.46 bits per heavy atom. The molecule has 0 amide bonds. The molecular weight excluding hydrogens is 208 g/mol. The molecule has 1 aliphatic carbocycles. The van der Waals surface area contributed by atoms with E-state index in [1.807, 2.05) is 0 Å². The summed E-state index contributed by atoms with van der Waals surface area (Å²) >= 11 is 0. The van der Waals surface area contributed by atoms with Crippen molar-refractivity contribution in [3.8, 4) is 0 Å². The maximum atomic E-state index is 10.9. The molecule has 1 saturated carbocycles. The molecule has 78 valence electrons. The molecule has 1 rings (SSSR count). The molecule has 1 fully saturated rings. The molecule has 0 N–H and O–H groups in total. The first-order valence-corrected chi connectivity index (χ1v) is 7.41. The minimum Gasteiger partial charge on any atom is -0.212 e. The van der Waals surface area contributed by atoms with E-state index in [0.717, 1.165) is 25.2 Å². The van der Waals surface area contributed by atoms with Crippen LogP contribution in [0.25, 0.3) is 0 Å². The van der Waals surface area contributed by atoms with Gasteiger partial charge >= 0.3 is 0 Å². The van der Waals surface area contributed by atoms with Gasteiger partial charge in [0.25, 0.3) is 0 Å². The van der Waals surface area contributed by atoms with Crippen LogP contribution in [0.1, 0.15) is 39.0 Å². The molecule has 0 bridgehead atoms. The summed E-state index contributed by atoms with van der Waals surface area (Å²) in [5.41, 5.74) is 0.